The van der Waals surface area contributed by atoms with Gasteiger partial charge in [0, 0.05) is 7.11 Å². The molecule has 0 unspecified atom stereocenters. The van der Waals surface area contributed by atoms with E-state index in [0.717, 1.165) is 0 Å². The van der Waals surface area contributed by atoms with Crippen LogP contribution in [0.1, 0.15) is 13.8 Å². The van der Waals surface area contributed by atoms with Crippen molar-refractivity contribution in [1.29, 1.82) is 0 Å². The first-order valence-corrected chi connectivity index (χ1v) is 3.30. The minimum absolute atomic E-state index is 0.861. The number of methoxy groups -OCH3 is 1. The van der Waals surface area contributed by atoms with Gasteiger partial charge in [-0.2, -0.15) is 0 Å². The van der Waals surface area contributed by atoms with Gasteiger partial charge in [0.25, 0.3) is 0 Å². The number of ether oxygens (including phenoxy) is 1. The minimum atomic E-state index is -1.83. The maximum atomic E-state index is 8.56. The molecule has 0 saturated heterocycles. The van der Waals surface area contributed by atoms with E-state index in [2.05, 4.69) is 9.62 Å². The van der Waals surface area contributed by atoms with Crippen LogP contribution in [0.25, 0.3) is 0 Å². The number of carbonyl (C=O) groups is 2. The Morgan fingerprint density at radius 1 is 1.00 bits per heavy atom. The Balaban J connectivity index is -0.000000155. The van der Waals surface area contributed by atoms with Crippen molar-refractivity contribution in [2.75, 3.05) is 7.11 Å². The third-order valence-electron chi connectivity index (χ3n) is 0.711. The van der Waals surface area contributed by atoms with Gasteiger partial charge in [-0.25, -0.2) is 19.7 Å². The lowest BCUT2D eigenvalue weighted by molar-refractivity contribution is -0.384. The molecule has 0 fully saturated rings. The molecule has 5 N–H and O–H groups in total. The van der Waals surface area contributed by atoms with E-state index in [-0.39, 0.29) is 0 Å². The van der Waals surface area contributed by atoms with Crippen molar-refractivity contribution in [3.63, 3.8) is 0 Å². The second-order valence-corrected chi connectivity index (χ2v) is 2.26. The maximum Gasteiger partial charge on any atom is 0.503 e. The predicted octanol–water partition coefficient (Wildman–Crippen LogP) is 1.30. The van der Waals surface area contributed by atoms with E-state index >= 15 is 0 Å². The summed E-state index contributed by atoms with van der Waals surface area (Å²) in [5.74, 6) is -0.861. The first kappa shape index (κ1) is 19.1. The fraction of sp³-hybridized carbons (Fsp3) is 0.667. The van der Waals surface area contributed by atoms with E-state index in [1.165, 1.54) is 7.11 Å². The van der Waals surface area contributed by atoms with E-state index in [1.807, 2.05) is 0 Å². The van der Waals surface area contributed by atoms with Crippen molar-refractivity contribution in [3.05, 3.63) is 0 Å². The average molecular weight is 230 g/mol. The van der Waals surface area contributed by atoms with Gasteiger partial charge in [-0.15, -0.1) is 0 Å². The normalized spacial score (nSPS) is 8.80. The fourth-order valence-electron chi connectivity index (χ4n) is 0.0373. The molecule has 92 valence electrons. The first-order valence-electron chi connectivity index (χ1n) is 3.30. The summed E-state index contributed by atoms with van der Waals surface area (Å²) in [5, 5.41) is 35.9. The third-order valence-corrected chi connectivity index (χ3v) is 0.711. The van der Waals surface area contributed by atoms with Gasteiger partial charge in [0.1, 0.15) is 0 Å². The highest BCUT2D eigenvalue weighted by atomic mass is 17.1. The van der Waals surface area contributed by atoms with Gasteiger partial charge < -0.3 is 25.2 Å². The van der Waals surface area contributed by atoms with Gasteiger partial charge in [0.15, 0.2) is 5.79 Å². The van der Waals surface area contributed by atoms with Crippen LogP contribution >= 0.6 is 0 Å². The van der Waals surface area contributed by atoms with Crippen molar-refractivity contribution < 1.29 is 44.9 Å². The molecule has 0 radical (unpaired) electrons. The van der Waals surface area contributed by atoms with Crippen LogP contribution in [0.15, 0.2) is 0 Å². The van der Waals surface area contributed by atoms with E-state index < -0.39 is 18.1 Å². The van der Waals surface area contributed by atoms with E-state index in [0.29, 0.717) is 0 Å². The summed E-state index contributed by atoms with van der Waals surface area (Å²) in [5.41, 5.74) is 0. The highest BCUT2D eigenvalue weighted by molar-refractivity contribution is 5.53. The smallest absolute Gasteiger partial charge is 0.450 e. The Morgan fingerprint density at radius 3 is 1.20 bits per heavy atom. The van der Waals surface area contributed by atoms with Gasteiger partial charge in [-0.05, 0) is 13.8 Å². The highest BCUT2D eigenvalue weighted by Gasteiger charge is 2.14. The molecular weight excluding hydrogens is 216 g/mol. The summed E-state index contributed by atoms with van der Waals surface area (Å²) in [6, 6.07) is 0. The molecule has 0 atom stereocenters. The summed E-state index contributed by atoms with van der Waals surface area (Å²) in [4.78, 5) is 21.0. The van der Waals surface area contributed by atoms with Crippen LogP contribution in [-0.4, -0.2) is 50.9 Å². The van der Waals surface area contributed by atoms with Crippen molar-refractivity contribution in [2.24, 2.45) is 0 Å². The Labute approximate surface area is 85.0 Å². The molecule has 0 aliphatic carbocycles. The van der Waals surface area contributed by atoms with Gasteiger partial charge in [-0.3, -0.25) is 0 Å². The summed E-state index contributed by atoms with van der Waals surface area (Å²) in [6.07, 6.45) is -3.67. The molecule has 15 heavy (non-hydrogen) atoms. The molecule has 0 aromatic rings. The summed E-state index contributed by atoms with van der Waals surface area (Å²) in [7, 11) is 1.45. The molecule has 9 nitrogen and oxygen atoms in total. The zero-order chi connectivity index (χ0) is 13.1. The Morgan fingerprint density at radius 2 is 1.20 bits per heavy atom. The largest absolute Gasteiger partial charge is 0.503 e. The second kappa shape index (κ2) is 10.5. The van der Waals surface area contributed by atoms with Gasteiger partial charge >= 0.3 is 12.3 Å². The highest BCUT2D eigenvalue weighted by Crippen LogP contribution is 2.05. The van der Waals surface area contributed by atoms with Gasteiger partial charge in [0.2, 0.25) is 0 Å². The second-order valence-electron chi connectivity index (χ2n) is 2.26. The molecule has 0 spiro atoms. The molecule has 0 bridgehead atoms. The average Bonchev–Trinajstić information content (AvgIpc) is 2.02. The van der Waals surface area contributed by atoms with Crippen LogP contribution < -0.4 is 0 Å². The fourth-order valence-corrected chi connectivity index (χ4v) is 0.0373. The Kier molecular flexibility index (Phi) is 13.3. The molecule has 0 aromatic heterocycles. The minimum Gasteiger partial charge on any atom is -0.450 e. The van der Waals surface area contributed by atoms with E-state index in [1.54, 1.807) is 13.8 Å². The Hall–Kier alpha value is -1.58. The molecule has 9 heteroatoms. The van der Waals surface area contributed by atoms with Crippen LogP contribution in [0.4, 0.5) is 9.59 Å². The SMILES string of the molecule is COC(C)(C)OO.O=C(O)O.O=C(O)O. The molecule has 0 aliphatic heterocycles. The topological polar surface area (TPSA) is 154 Å². The molecule has 0 rings (SSSR count). The van der Waals surface area contributed by atoms with Crippen LogP contribution in [0.5, 0.6) is 0 Å². The summed E-state index contributed by atoms with van der Waals surface area (Å²) < 4.78 is 4.61. The monoisotopic (exact) mass is 230 g/mol. The number of hydrogen-bond donors (Lipinski definition) is 5. The predicted molar refractivity (Wildman–Crippen MR) is 46.1 cm³/mol. The van der Waals surface area contributed by atoms with Crippen molar-refractivity contribution in [3.8, 4) is 0 Å². The maximum absolute atomic E-state index is 8.56. The van der Waals surface area contributed by atoms with Crippen molar-refractivity contribution in [2.45, 2.75) is 19.6 Å². The van der Waals surface area contributed by atoms with Crippen LogP contribution in [0.2, 0.25) is 0 Å². The number of carboxylic acid groups (broad SMARTS) is 4. The van der Waals surface area contributed by atoms with E-state index in [4.69, 9.17) is 35.3 Å². The number of hydrogen-bond acceptors (Lipinski definition) is 5. The van der Waals surface area contributed by atoms with Crippen LogP contribution in [-0.2, 0) is 9.62 Å². The zero-order valence-corrected chi connectivity index (χ0v) is 8.37. The van der Waals surface area contributed by atoms with Crippen LogP contribution in [0.3, 0.4) is 0 Å². The lowest BCUT2D eigenvalue weighted by Crippen LogP contribution is -2.24. The van der Waals surface area contributed by atoms with E-state index in [9.17, 15) is 0 Å². The molecule has 0 saturated carbocycles. The standard InChI is InChI=1S/C4H10O3.2CH2O3/c1-4(2,6-3)7-5;2*2-1(3)4/h5H,1-3H3;2*(H2,2,3,4). The summed E-state index contributed by atoms with van der Waals surface area (Å²) >= 11 is 0. The van der Waals surface area contributed by atoms with Gasteiger partial charge in [0.05, 0.1) is 0 Å². The molecular formula is C6H14O9. The van der Waals surface area contributed by atoms with Gasteiger partial charge in [-0.1, -0.05) is 0 Å². The van der Waals surface area contributed by atoms with Crippen molar-refractivity contribution >= 4 is 12.3 Å². The molecule has 0 heterocycles. The molecule has 0 amide bonds. The molecule has 0 aromatic carbocycles. The Bertz CT molecular complexity index is 149. The first-order chi connectivity index (χ1) is 6.59. The number of rotatable bonds is 2. The third kappa shape index (κ3) is 69.0. The lowest BCUT2D eigenvalue weighted by Gasteiger charge is -2.16. The summed E-state index contributed by atoms with van der Waals surface area (Å²) in [6.45, 7) is 3.21. The quantitative estimate of drug-likeness (QED) is 0.268. The van der Waals surface area contributed by atoms with Crippen molar-refractivity contribution in [1.82, 2.24) is 0 Å². The van der Waals surface area contributed by atoms with Crippen LogP contribution in [0, 0.1) is 0 Å². The lowest BCUT2D eigenvalue weighted by atomic mass is 10.4. The zero-order valence-electron chi connectivity index (χ0n) is 8.37. The molecule has 0 aliphatic rings.